The average molecular weight is 354 g/mol. The normalized spacial score (nSPS) is 20.3. The van der Waals surface area contributed by atoms with Gasteiger partial charge in [-0.2, -0.15) is 5.10 Å². The molecule has 0 radical (unpaired) electrons. The standard InChI is InChI=1S/C19H22N4O3/c24-17(13-23-9-10-26-19(23)25)22-8-4-7-15(12-22)18-16(11-20-21-18)14-5-2-1-3-6-14/h1-3,5-6,11,15H,4,7-10,12-13H2,(H,20,21)/t15-/m1/s1. The predicted molar refractivity (Wildman–Crippen MR) is 95.5 cm³/mol. The van der Waals surface area contributed by atoms with E-state index >= 15 is 0 Å². The second-order valence-electron chi connectivity index (χ2n) is 6.78. The highest BCUT2D eigenvalue weighted by molar-refractivity contribution is 5.83. The summed E-state index contributed by atoms with van der Waals surface area (Å²) in [5.41, 5.74) is 3.29. The minimum absolute atomic E-state index is 0.0191. The Bertz CT molecular complexity index is 789. The van der Waals surface area contributed by atoms with Crippen molar-refractivity contribution in [1.82, 2.24) is 20.0 Å². The van der Waals surface area contributed by atoms with Gasteiger partial charge in [-0.1, -0.05) is 30.3 Å². The molecule has 2 saturated heterocycles. The van der Waals surface area contributed by atoms with Gasteiger partial charge in [0.2, 0.25) is 5.91 Å². The summed E-state index contributed by atoms with van der Waals surface area (Å²) in [5.74, 6) is 0.199. The number of H-pyrrole nitrogens is 1. The number of rotatable bonds is 4. The summed E-state index contributed by atoms with van der Waals surface area (Å²) in [4.78, 5) is 27.5. The van der Waals surface area contributed by atoms with Gasteiger partial charge in [0, 0.05) is 30.3 Å². The number of carbonyl (C=O) groups excluding carboxylic acids is 2. The zero-order valence-electron chi connectivity index (χ0n) is 14.6. The summed E-state index contributed by atoms with van der Waals surface area (Å²) in [5, 5.41) is 7.38. The zero-order valence-corrected chi connectivity index (χ0v) is 14.6. The Morgan fingerprint density at radius 3 is 2.88 bits per heavy atom. The molecule has 7 nitrogen and oxygen atoms in total. The average Bonchev–Trinajstić information content (AvgIpc) is 3.32. The summed E-state index contributed by atoms with van der Waals surface area (Å²) in [7, 11) is 0. The van der Waals surface area contributed by atoms with Crippen molar-refractivity contribution in [3.05, 3.63) is 42.2 Å². The van der Waals surface area contributed by atoms with Gasteiger partial charge in [-0.05, 0) is 18.4 Å². The Balaban J connectivity index is 1.47. The van der Waals surface area contributed by atoms with Gasteiger partial charge in [0.25, 0.3) is 0 Å². The third kappa shape index (κ3) is 3.29. The molecule has 1 atom stereocenters. The summed E-state index contributed by atoms with van der Waals surface area (Å²) < 4.78 is 4.90. The van der Waals surface area contributed by atoms with Crippen molar-refractivity contribution in [2.75, 3.05) is 32.8 Å². The van der Waals surface area contributed by atoms with Crippen LogP contribution < -0.4 is 0 Å². The maximum Gasteiger partial charge on any atom is 0.410 e. The lowest BCUT2D eigenvalue weighted by molar-refractivity contribution is -0.132. The van der Waals surface area contributed by atoms with Gasteiger partial charge >= 0.3 is 6.09 Å². The number of ether oxygens (including phenoxy) is 1. The quantitative estimate of drug-likeness (QED) is 0.913. The number of aromatic nitrogens is 2. The summed E-state index contributed by atoms with van der Waals surface area (Å²) in [6.45, 7) is 2.32. The topological polar surface area (TPSA) is 78.5 Å². The predicted octanol–water partition coefficient (Wildman–Crippen LogP) is 2.23. The van der Waals surface area contributed by atoms with Crippen LogP contribution in [0, 0.1) is 0 Å². The van der Waals surface area contributed by atoms with E-state index < -0.39 is 6.09 Å². The lowest BCUT2D eigenvalue weighted by atomic mass is 9.90. The van der Waals surface area contributed by atoms with E-state index in [1.165, 1.54) is 4.90 Å². The van der Waals surface area contributed by atoms with Gasteiger partial charge in [-0.25, -0.2) is 4.79 Å². The first-order valence-electron chi connectivity index (χ1n) is 9.00. The fourth-order valence-electron chi connectivity index (χ4n) is 3.73. The van der Waals surface area contributed by atoms with Crippen molar-refractivity contribution in [1.29, 1.82) is 0 Å². The smallest absolute Gasteiger partial charge is 0.410 e. The molecule has 1 N–H and O–H groups in total. The highest BCUT2D eigenvalue weighted by Gasteiger charge is 2.31. The lowest BCUT2D eigenvalue weighted by Crippen LogP contribution is -2.45. The van der Waals surface area contributed by atoms with Crippen molar-refractivity contribution in [2.24, 2.45) is 0 Å². The molecule has 136 valence electrons. The largest absolute Gasteiger partial charge is 0.448 e. The van der Waals surface area contributed by atoms with E-state index in [1.807, 2.05) is 29.3 Å². The molecule has 3 heterocycles. The molecule has 2 aliphatic heterocycles. The highest BCUT2D eigenvalue weighted by atomic mass is 16.6. The maximum absolute atomic E-state index is 12.6. The molecule has 26 heavy (non-hydrogen) atoms. The third-order valence-corrected chi connectivity index (χ3v) is 5.11. The molecular weight excluding hydrogens is 332 g/mol. The molecule has 0 aliphatic carbocycles. The van der Waals surface area contributed by atoms with E-state index in [-0.39, 0.29) is 18.4 Å². The number of nitrogens with zero attached hydrogens (tertiary/aromatic N) is 3. The van der Waals surface area contributed by atoms with Crippen LogP contribution in [0.15, 0.2) is 36.5 Å². The Morgan fingerprint density at radius 2 is 2.12 bits per heavy atom. The van der Waals surface area contributed by atoms with Crippen molar-refractivity contribution in [3.63, 3.8) is 0 Å². The zero-order chi connectivity index (χ0) is 17.9. The molecule has 0 saturated carbocycles. The minimum atomic E-state index is -0.396. The number of amides is 2. The summed E-state index contributed by atoms with van der Waals surface area (Å²) >= 11 is 0. The summed E-state index contributed by atoms with van der Waals surface area (Å²) in [6, 6.07) is 10.2. The molecule has 4 rings (SSSR count). The Morgan fingerprint density at radius 1 is 1.27 bits per heavy atom. The fourth-order valence-corrected chi connectivity index (χ4v) is 3.73. The lowest BCUT2D eigenvalue weighted by Gasteiger charge is -2.33. The van der Waals surface area contributed by atoms with Crippen LogP contribution >= 0.6 is 0 Å². The molecule has 0 unspecified atom stereocenters. The summed E-state index contributed by atoms with van der Waals surface area (Å²) in [6.07, 6.45) is 3.41. The van der Waals surface area contributed by atoms with E-state index in [2.05, 4.69) is 22.3 Å². The molecule has 0 bridgehead atoms. The SMILES string of the molecule is O=C(CN1CCOC1=O)N1CCC[C@@H](c2[nH]ncc2-c2ccccc2)C1. The van der Waals surface area contributed by atoms with E-state index in [0.717, 1.165) is 36.2 Å². The van der Waals surface area contributed by atoms with Crippen LogP contribution in [0.2, 0.25) is 0 Å². The highest BCUT2D eigenvalue weighted by Crippen LogP contribution is 2.33. The number of cyclic esters (lactones) is 1. The van der Waals surface area contributed by atoms with Crippen molar-refractivity contribution >= 4 is 12.0 Å². The first-order valence-corrected chi connectivity index (χ1v) is 9.00. The van der Waals surface area contributed by atoms with Crippen LogP contribution in [0.4, 0.5) is 4.79 Å². The minimum Gasteiger partial charge on any atom is -0.448 e. The molecule has 1 aromatic carbocycles. The van der Waals surface area contributed by atoms with Crippen LogP contribution in [-0.2, 0) is 9.53 Å². The number of likely N-dealkylation sites (tertiary alicyclic amines) is 1. The number of benzene rings is 1. The fraction of sp³-hybridized carbons (Fsp3) is 0.421. The monoisotopic (exact) mass is 354 g/mol. The number of aromatic amines is 1. The Kier molecular flexibility index (Phi) is 4.60. The first-order chi connectivity index (χ1) is 12.7. The van der Waals surface area contributed by atoms with Crippen LogP contribution in [0.25, 0.3) is 11.1 Å². The first kappa shape index (κ1) is 16.6. The second kappa shape index (κ2) is 7.19. The number of carbonyl (C=O) groups is 2. The molecule has 2 aliphatic rings. The van der Waals surface area contributed by atoms with Crippen LogP contribution in [0.5, 0.6) is 0 Å². The van der Waals surface area contributed by atoms with Gasteiger partial charge in [-0.15, -0.1) is 0 Å². The molecule has 2 fully saturated rings. The van der Waals surface area contributed by atoms with Crippen molar-refractivity contribution < 1.29 is 14.3 Å². The molecular formula is C19H22N4O3. The van der Waals surface area contributed by atoms with Gasteiger partial charge < -0.3 is 9.64 Å². The van der Waals surface area contributed by atoms with E-state index in [9.17, 15) is 9.59 Å². The number of nitrogens with one attached hydrogen (secondary N) is 1. The van der Waals surface area contributed by atoms with Crippen molar-refractivity contribution in [2.45, 2.75) is 18.8 Å². The number of hydrogen-bond acceptors (Lipinski definition) is 4. The maximum atomic E-state index is 12.6. The van der Waals surface area contributed by atoms with Crippen LogP contribution in [-0.4, -0.2) is 64.8 Å². The number of hydrogen-bond donors (Lipinski definition) is 1. The van der Waals surface area contributed by atoms with Gasteiger partial charge in [0.1, 0.15) is 13.2 Å². The van der Waals surface area contributed by atoms with E-state index in [0.29, 0.717) is 19.7 Å². The Labute approximate surface area is 151 Å². The Hall–Kier alpha value is -2.83. The van der Waals surface area contributed by atoms with E-state index in [4.69, 9.17) is 4.74 Å². The van der Waals surface area contributed by atoms with Gasteiger partial charge in [-0.3, -0.25) is 14.8 Å². The van der Waals surface area contributed by atoms with Crippen LogP contribution in [0.1, 0.15) is 24.5 Å². The molecule has 2 aromatic rings. The van der Waals surface area contributed by atoms with Gasteiger partial charge in [0.05, 0.1) is 12.7 Å². The molecule has 7 heteroatoms. The molecule has 2 amide bonds. The van der Waals surface area contributed by atoms with E-state index in [1.54, 1.807) is 0 Å². The van der Waals surface area contributed by atoms with Crippen LogP contribution in [0.3, 0.4) is 0 Å². The molecule has 1 aromatic heterocycles. The van der Waals surface area contributed by atoms with Gasteiger partial charge in [0.15, 0.2) is 0 Å². The van der Waals surface area contributed by atoms with Crippen molar-refractivity contribution in [3.8, 4) is 11.1 Å². The third-order valence-electron chi connectivity index (χ3n) is 5.11. The second-order valence-corrected chi connectivity index (χ2v) is 6.78. The number of piperidine rings is 1. The molecule has 0 spiro atoms.